The van der Waals surface area contributed by atoms with Crippen molar-refractivity contribution in [2.24, 2.45) is 0 Å². The fraction of sp³-hybridized carbons (Fsp3) is 0.154. The predicted octanol–water partition coefficient (Wildman–Crippen LogP) is 1.56. The predicted molar refractivity (Wildman–Crippen MR) is 79.0 cm³/mol. The highest BCUT2D eigenvalue weighted by Crippen LogP contribution is 2.25. The van der Waals surface area contributed by atoms with Crippen LogP contribution in [0.1, 0.15) is 26.5 Å². The molecule has 1 heterocycles. The van der Waals surface area contributed by atoms with Crippen LogP contribution in [-0.4, -0.2) is 29.1 Å². The Kier molecular flexibility index (Phi) is 4.59. The molecule has 8 heteroatoms. The summed E-state index contributed by atoms with van der Waals surface area (Å²) in [6.45, 7) is 1.78. The van der Waals surface area contributed by atoms with Crippen LogP contribution >= 0.6 is 15.9 Å². The molecule has 0 aliphatic carbocycles. The molecule has 0 saturated heterocycles. The number of halogens is 1. The summed E-state index contributed by atoms with van der Waals surface area (Å²) < 4.78 is 5.72. The first-order valence-corrected chi connectivity index (χ1v) is 6.77. The Bertz CT molecular complexity index is 684. The molecule has 0 bridgehead atoms. The number of ether oxygens (including phenoxy) is 1. The Morgan fingerprint density at radius 2 is 1.95 bits per heavy atom. The van der Waals surface area contributed by atoms with Crippen LogP contribution in [0, 0.1) is 6.92 Å². The Morgan fingerprint density at radius 3 is 2.52 bits per heavy atom. The topological polar surface area (TPSA) is 96.1 Å². The highest BCUT2D eigenvalue weighted by Gasteiger charge is 2.12. The molecule has 0 atom stereocenters. The summed E-state index contributed by atoms with van der Waals surface area (Å²) in [6.07, 6.45) is 0. The second-order valence-electron chi connectivity index (χ2n) is 4.19. The summed E-state index contributed by atoms with van der Waals surface area (Å²) in [7, 11) is 1.53. The van der Waals surface area contributed by atoms with Crippen molar-refractivity contribution in [3.05, 3.63) is 45.7 Å². The second-order valence-corrected chi connectivity index (χ2v) is 5.05. The van der Waals surface area contributed by atoms with Gasteiger partial charge in [0, 0.05) is 11.3 Å². The molecular weight excluding hydrogens is 340 g/mol. The number of hydrogen-bond donors (Lipinski definition) is 3. The van der Waals surface area contributed by atoms with Crippen molar-refractivity contribution in [2.75, 3.05) is 7.11 Å². The number of benzene rings is 1. The molecule has 0 unspecified atom stereocenters. The average Bonchev–Trinajstić information content (AvgIpc) is 2.91. The minimum atomic E-state index is -0.500. The van der Waals surface area contributed by atoms with Gasteiger partial charge in [0.25, 0.3) is 11.8 Å². The Hall–Kier alpha value is -2.35. The molecular formula is C13H13BrN4O3. The van der Waals surface area contributed by atoms with E-state index in [4.69, 9.17) is 4.74 Å². The Morgan fingerprint density at radius 1 is 1.24 bits per heavy atom. The smallest absolute Gasteiger partial charge is 0.290 e. The Balaban J connectivity index is 1.98. The Labute approximate surface area is 129 Å². The molecule has 0 spiro atoms. The van der Waals surface area contributed by atoms with Gasteiger partial charge in [0.1, 0.15) is 5.75 Å². The van der Waals surface area contributed by atoms with E-state index in [0.29, 0.717) is 15.8 Å². The van der Waals surface area contributed by atoms with Crippen molar-refractivity contribution in [2.45, 2.75) is 6.92 Å². The molecule has 7 nitrogen and oxygen atoms in total. The lowest BCUT2D eigenvalue weighted by molar-refractivity contribution is 0.0844. The number of rotatable bonds is 3. The molecule has 1 aromatic carbocycles. The lowest BCUT2D eigenvalue weighted by Gasteiger charge is -2.08. The van der Waals surface area contributed by atoms with E-state index in [2.05, 4.69) is 37.0 Å². The van der Waals surface area contributed by atoms with E-state index in [-0.39, 0.29) is 5.69 Å². The van der Waals surface area contributed by atoms with Gasteiger partial charge in [0.15, 0.2) is 5.69 Å². The van der Waals surface area contributed by atoms with Gasteiger partial charge < -0.3 is 4.74 Å². The molecule has 3 N–H and O–H groups in total. The number of hydrogen-bond acceptors (Lipinski definition) is 4. The third-order valence-corrected chi connectivity index (χ3v) is 3.26. The van der Waals surface area contributed by atoms with E-state index in [1.165, 1.54) is 7.11 Å². The standard InChI is InChI=1S/C13H13BrN4O3/c1-7-5-10(16-15-7)13(20)18-17-12(19)8-3-4-11(21-2)9(14)6-8/h3-6H,1-2H3,(H,15,16)(H,17,19)(H,18,20). The van der Waals surface area contributed by atoms with Crippen LogP contribution in [0.15, 0.2) is 28.7 Å². The van der Waals surface area contributed by atoms with Crippen molar-refractivity contribution in [1.29, 1.82) is 0 Å². The molecule has 2 rings (SSSR count). The number of amides is 2. The van der Waals surface area contributed by atoms with Crippen LogP contribution < -0.4 is 15.6 Å². The number of aryl methyl sites for hydroxylation is 1. The molecule has 1 aromatic heterocycles. The SMILES string of the molecule is COc1ccc(C(=O)NNC(=O)c2cc(C)[nH]n2)cc1Br. The molecule has 2 aromatic rings. The van der Waals surface area contributed by atoms with E-state index in [9.17, 15) is 9.59 Å². The largest absolute Gasteiger partial charge is 0.496 e. The summed E-state index contributed by atoms with van der Waals surface area (Å²) in [5, 5.41) is 6.44. The number of nitrogens with one attached hydrogen (secondary N) is 3. The average molecular weight is 353 g/mol. The van der Waals surface area contributed by atoms with Crippen molar-refractivity contribution >= 4 is 27.7 Å². The van der Waals surface area contributed by atoms with Gasteiger partial charge in [-0.2, -0.15) is 5.10 Å². The highest BCUT2D eigenvalue weighted by molar-refractivity contribution is 9.10. The van der Waals surface area contributed by atoms with Crippen molar-refractivity contribution in [3.63, 3.8) is 0 Å². The molecule has 0 fully saturated rings. The lowest BCUT2D eigenvalue weighted by Crippen LogP contribution is -2.41. The molecule has 21 heavy (non-hydrogen) atoms. The molecule has 0 radical (unpaired) electrons. The molecule has 2 amide bonds. The van der Waals surface area contributed by atoms with E-state index in [1.807, 2.05) is 0 Å². The van der Waals surface area contributed by atoms with Gasteiger partial charge in [-0.3, -0.25) is 25.5 Å². The maximum absolute atomic E-state index is 11.9. The van der Waals surface area contributed by atoms with Crippen molar-refractivity contribution in [3.8, 4) is 5.75 Å². The molecule has 0 saturated carbocycles. The van der Waals surface area contributed by atoms with Gasteiger partial charge in [0.05, 0.1) is 11.6 Å². The zero-order chi connectivity index (χ0) is 15.4. The second kappa shape index (κ2) is 6.40. The van der Waals surface area contributed by atoms with Gasteiger partial charge in [-0.05, 0) is 47.1 Å². The summed E-state index contributed by atoms with van der Waals surface area (Å²) >= 11 is 3.29. The third kappa shape index (κ3) is 3.60. The van der Waals surface area contributed by atoms with E-state index >= 15 is 0 Å². The lowest BCUT2D eigenvalue weighted by atomic mass is 10.2. The van der Waals surface area contributed by atoms with Gasteiger partial charge in [-0.1, -0.05) is 0 Å². The fourth-order valence-corrected chi connectivity index (χ4v) is 2.13. The van der Waals surface area contributed by atoms with Crippen LogP contribution in [0.3, 0.4) is 0 Å². The molecule has 0 aliphatic rings. The highest BCUT2D eigenvalue weighted by atomic mass is 79.9. The number of aromatic nitrogens is 2. The third-order valence-electron chi connectivity index (χ3n) is 2.64. The van der Waals surface area contributed by atoms with Crippen molar-refractivity contribution in [1.82, 2.24) is 21.0 Å². The van der Waals surface area contributed by atoms with Crippen molar-refractivity contribution < 1.29 is 14.3 Å². The van der Waals surface area contributed by atoms with Crippen LogP contribution in [0.25, 0.3) is 0 Å². The number of carbonyl (C=O) groups is 2. The maximum Gasteiger partial charge on any atom is 0.290 e. The number of nitrogens with zero attached hydrogens (tertiary/aromatic N) is 1. The fourth-order valence-electron chi connectivity index (χ4n) is 1.59. The van der Waals surface area contributed by atoms with Crippen LogP contribution in [0.4, 0.5) is 0 Å². The van der Waals surface area contributed by atoms with E-state index in [0.717, 1.165) is 5.69 Å². The normalized spacial score (nSPS) is 10.0. The summed E-state index contributed by atoms with van der Waals surface area (Å²) in [5.41, 5.74) is 5.94. The monoisotopic (exact) mass is 352 g/mol. The molecule has 0 aliphatic heterocycles. The summed E-state index contributed by atoms with van der Waals surface area (Å²) in [5.74, 6) is -0.332. The first-order chi connectivity index (χ1) is 10.0. The van der Waals surface area contributed by atoms with Crippen LogP contribution in [0.5, 0.6) is 5.75 Å². The number of methoxy groups -OCH3 is 1. The van der Waals surface area contributed by atoms with E-state index < -0.39 is 11.8 Å². The first-order valence-electron chi connectivity index (χ1n) is 5.97. The summed E-state index contributed by atoms with van der Waals surface area (Å²) in [4.78, 5) is 23.6. The van der Waals surface area contributed by atoms with Gasteiger partial charge >= 0.3 is 0 Å². The number of aromatic amines is 1. The van der Waals surface area contributed by atoms with Gasteiger partial charge in [-0.15, -0.1) is 0 Å². The quantitative estimate of drug-likeness (QED) is 0.730. The minimum absolute atomic E-state index is 0.198. The number of H-pyrrole nitrogens is 1. The summed E-state index contributed by atoms with van der Waals surface area (Å²) in [6, 6.07) is 6.41. The molecule has 110 valence electrons. The van der Waals surface area contributed by atoms with Gasteiger partial charge in [-0.25, -0.2) is 0 Å². The van der Waals surface area contributed by atoms with Crippen LogP contribution in [-0.2, 0) is 0 Å². The van der Waals surface area contributed by atoms with Crippen LogP contribution in [0.2, 0.25) is 0 Å². The number of hydrazine groups is 1. The van der Waals surface area contributed by atoms with E-state index in [1.54, 1.807) is 31.2 Å². The maximum atomic E-state index is 11.9. The zero-order valence-electron chi connectivity index (χ0n) is 11.4. The first kappa shape index (κ1) is 15.0. The minimum Gasteiger partial charge on any atom is -0.496 e. The zero-order valence-corrected chi connectivity index (χ0v) is 12.9. The number of carbonyl (C=O) groups excluding carboxylic acids is 2. The van der Waals surface area contributed by atoms with Gasteiger partial charge in [0.2, 0.25) is 0 Å².